The van der Waals surface area contributed by atoms with Crippen molar-refractivity contribution in [3.05, 3.63) is 42.1 Å². The van der Waals surface area contributed by atoms with E-state index in [1.54, 1.807) is 6.20 Å². The molecule has 2 aromatic rings. The second-order valence-electron chi connectivity index (χ2n) is 7.03. The Kier molecular flexibility index (Phi) is 5.62. The molecule has 2 heterocycles. The van der Waals surface area contributed by atoms with Crippen LogP contribution in [-0.4, -0.2) is 34.8 Å². The summed E-state index contributed by atoms with van der Waals surface area (Å²) < 4.78 is 0. The molecule has 0 bridgehead atoms. The van der Waals surface area contributed by atoms with E-state index in [0.717, 1.165) is 31.4 Å². The minimum atomic E-state index is 0.561. The summed E-state index contributed by atoms with van der Waals surface area (Å²) in [4.78, 5) is 6.95. The molecular formula is C19H27N5. The van der Waals surface area contributed by atoms with Gasteiger partial charge in [0.05, 0.1) is 6.20 Å². The van der Waals surface area contributed by atoms with Crippen molar-refractivity contribution in [3.63, 3.8) is 0 Å². The maximum Gasteiger partial charge on any atom is 0.244 e. The quantitative estimate of drug-likeness (QED) is 0.882. The normalized spacial score (nSPS) is 15.7. The number of benzene rings is 1. The maximum absolute atomic E-state index is 4.62. The molecule has 0 saturated carbocycles. The SMILES string of the molecule is CC(C)CNc1nncc(N2CCC(Cc3ccccc3)CC2)n1. The van der Waals surface area contributed by atoms with Gasteiger partial charge < -0.3 is 10.2 Å². The fourth-order valence-electron chi connectivity index (χ4n) is 3.13. The van der Waals surface area contributed by atoms with Gasteiger partial charge in [0.2, 0.25) is 5.95 Å². The molecule has 0 unspecified atom stereocenters. The number of hydrogen-bond donors (Lipinski definition) is 1. The highest BCUT2D eigenvalue weighted by Gasteiger charge is 2.21. The van der Waals surface area contributed by atoms with Gasteiger partial charge in [0.15, 0.2) is 5.82 Å². The zero-order valence-corrected chi connectivity index (χ0v) is 14.7. The van der Waals surface area contributed by atoms with Gasteiger partial charge >= 0.3 is 0 Å². The zero-order chi connectivity index (χ0) is 16.8. The Morgan fingerprint density at radius 3 is 2.62 bits per heavy atom. The van der Waals surface area contributed by atoms with E-state index < -0.39 is 0 Å². The van der Waals surface area contributed by atoms with Gasteiger partial charge in [0, 0.05) is 19.6 Å². The summed E-state index contributed by atoms with van der Waals surface area (Å²) in [6.45, 7) is 7.29. The van der Waals surface area contributed by atoms with E-state index in [2.05, 4.69) is 69.6 Å². The van der Waals surface area contributed by atoms with Gasteiger partial charge in [-0.1, -0.05) is 44.2 Å². The summed E-state index contributed by atoms with van der Waals surface area (Å²) in [7, 11) is 0. The van der Waals surface area contributed by atoms with Gasteiger partial charge in [-0.15, -0.1) is 5.10 Å². The van der Waals surface area contributed by atoms with Crippen LogP contribution in [0.25, 0.3) is 0 Å². The molecule has 0 atom stereocenters. The molecule has 1 aromatic carbocycles. The first-order valence-corrected chi connectivity index (χ1v) is 8.93. The highest BCUT2D eigenvalue weighted by Crippen LogP contribution is 2.24. The molecule has 128 valence electrons. The third-order valence-electron chi connectivity index (χ3n) is 4.52. The fraction of sp³-hybridized carbons (Fsp3) is 0.526. The first-order valence-electron chi connectivity index (χ1n) is 8.93. The first-order chi connectivity index (χ1) is 11.7. The molecule has 0 radical (unpaired) electrons. The summed E-state index contributed by atoms with van der Waals surface area (Å²) in [6, 6.07) is 10.8. The number of aromatic nitrogens is 3. The number of piperidine rings is 1. The number of nitrogens with zero attached hydrogens (tertiary/aromatic N) is 4. The lowest BCUT2D eigenvalue weighted by Crippen LogP contribution is -2.35. The van der Waals surface area contributed by atoms with Gasteiger partial charge in [-0.25, -0.2) is 0 Å². The molecular weight excluding hydrogens is 298 g/mol. The van der Waals surface area contributed by atoms with Gasteiger partial charge in [0.1, 0.15) is 0 Å². The lowest BCUT2D eigenvalue weighted by molar-refractivity contribution is 0.402. The molecule has 5 heteroatoms. The second-order valence-corrected chi connectivity index (χ2v) is 7.03. The lowest BCUT2D eigenvalue weighted by Gasteiger charge is -2.32. The van der Waals surface area contributed by atoms with Crippen LogP contribution >= 0.6 is 0 Å². The highest BCUT2D eigenvalue weighted by atomic mass is 15.3. The monoisotopic (exact) mass is 325 g/mol. The molecule has 1 aliphatic rings. The van der Waals surface area contributed by atoms with Crippen molar-refractivity contribution < 1.29 is 0 Å². The third kappa shape index (κ3) is 4.66. The van der Waals surface area contributed by atoms with Crippen molar-refractivity contribution >= 4 is 11.8 Å². The van der Waals surface area contributed by atoms with Crippen LogP contribution in [0.3, 0.4) is 0 Å². The predicted octanol–water partition coefficient (Wildman–Crippen LogP) is 3.40. The summed E-state index contributed by atoms with van der Waals surface area (Å²) in [5, 5.41) is 11.4. The Morgan fingerprint density at radius 2 is 1.92 bits per heavy atom. The van der Waals surface area contributed by atoms with Crippen LogP contribution in [0.5, 0.6) is 0 Å². The Bertz CT molecular complexity index is 621. The summed E-state index contributed by atoms with van der Waals surface area (Å²) >= 11 is 0. The van der Waals surface area contributed by atoms with E-state index in [1.807, 2.05) is 0 Å². The van der Waals surface area contributed by atoms with E-state index in [4.69, 9.17) is 0 Å². The van der Waals surface area contributed by atoms with E-state index in [9.17, 15) is 0 Å². The van der Waals surface area contributed by atoms with Crippen molar-refractivity contribution in [1.82, 2.24) is 15.2 Å². The van der Waals surface area contributed by atoms with E-state index in [-0.39, 0.29) is 0 Å². The molecule has 24 heavy (non-hydrogen) atoms. The van der Waals surface area contributed by atoms with Crippen LogP contribution in [0.1, 0.15) is 32.3 Å². The van der Waals surface area contributed by atoms with Crippen LogP contribution in [0.4, 0.5) is 11.8 Å². The largest absolute Gasteiger partial charge is 0.355 e. The topological polar surface area (TPSA) is 53.9 Å². The third-order valence-corrected chi connectivity index (χ3v) is 4.52. The smallest absolute Gasteiger partial charge is 0.244 e. The van der Waals surface area contributed by atoms with Crippen molar-refractivity contribution in [3.8, 4) is 0 Å². The van der Waals surface area contributed by atoms with Crippen molar-refractivity contribution in [2.75, 3.05) is 29.9 Å². The van der Waals surface area contributed by atoms with Gasteiger partial charge in [0.25, 0.3) is 0 Å². The molecule has 5 nitrogen and oxygen atoms in total. The van der Waals surface area contributed by atoms with Gasteiger partial charge in [-0.05, 0) is 36.7 Å². The molecule has 0 amide bonds. The van der Waals surface area contributed by atoms with Crippen molar-refractivity contribution in [1.29, 1.82) is 0 Å². The summed E-state index contributed by atoms with van der Waals surface area (Å²) in [5.41, 5.74) is 1.44. The van der Waals surface area contributed by atoms with Crippen LogP contribution in [0.15, 0.2) is 36.5 Å². The molecule has 1 aliphatic heterocycles. The zero-order valence-electron chi connectivity index (χ0n) is 14.7. The molecule has 0 aliphatic carbocycles. The van der Waals surface area contributed by atoms with Gasteiger partial charge in [-0.3, -0.25) is 0 Å². The molecule has 1 saturated heterocycles. The average molecular weight is 325 g/mol. The Labute approximate surface area is 144 Å². The second kappa shape index (κ2) is 8.08. The minimum absolute atomic E-state index is 0.561. The summed E-state index contributed by atoms with van der Waals surface area (Å²) in [5.74, 6) is 2.89. The van der Waals surface area contributed by atoms with Crippen LogP contribution in [0.2, 0.25) is 0 Å². The lowest BCUT2D eigenvalue weighted by atomic mass is 9.90. The van der Waals surface area contributed by atoms with Crippen molar-refractivity contribution in [2.24, 2.45) is 11.8 Å². The van der Waals surface area contributed by atoms with Gasteiger partial charge in [-0.2, -0.15) is 10.1 Å². The Hall–Kier alpha value is -2.17. The number of hydrogen-bond acceptors (Lipinski definition) is 5. The van der Waals surface area contributed by atoms with Crippen LogP contribution < -0.4 is 10.2 Å². The Balaban J connectivity index is 1.53. The molecule has 1 N–H and O–H groups in total. The predicted molar refractivity (Wildman–Crippen MR) is 98.2 cm³/mol. The highest BCUT2D eigenvalue weighted by molar-refractivity contribution is 5.40. The van der Waals surface area contributed by atoms with Crippen LogP contribution in [0, 0.1) is 11.8 Å². The van der Waals surface area contributed by atoms with E-state index >= 15 is 0 Å². The Morgan fingerprint density at radius 1 is 1.17 bits per heavy atom. The van der Waals surface area contributed by atoms with E-state index in [0.29, 0.717) is 11.9 Å². The molecule has 1 aromatic heterocycles. The summed E-state index contributed by atoms with van der Waals surface area (Å²) in [6.07, 6.45) is 5.36. The molecule has 0 spiro atoms. The standard InChI is InChI=1S/C19H27N5/c1-15(2)13-20-19-22-18(14-21-23-19)24-10-8-17(9-11-24)12-16-6-4-3-5-7-16/h3-7,14-15,17H,8-13H2,1-2H3,(H,20,22,23). The molecule has 3 rings (SSSR count). The maximum atomic E-state index is 4.62. The van der Waals surface area contributed by atoms with Crippen LogP contribution in [-0.2, 0) is 6.42 Å². The number of nitrogens with one attached hydrogen (secondary N) is 1. The number of anilines is 2. The first kappa shape index (κ1) is 16.7. The number of rotatable bonds is 6. The minimum Gasteiger partial charge on any atom is -0.355 e. The van der Waals surface area contributed by atoms with Crippen molar-refractivity contribution in [2.45, 2.75) is 33.1 Å². The van der Waals surface area contributed by atoms with E-state index in [1.165, 1.54) is 24.8 Å². The molecule has 1 fully saturated rings. The average Bonchev–Trinajstić information content (AvgIpc) is 2.62. The fourth-order valence-corrected chi connectivity index (χ4v) is 3.13.